The van der Waals surface area contributed by atoms with Crippen LogP contribution in [0.3, 0.4) is 0 Å². The first-order valence-electron chi connectivity index (χ1n) is 6.68. The number of benzene rings is 1. The molecule has 1 aromatic carbocycles. The van der Waals surface area contributed by atoms with Crippen molar-refractivity contribution in [2.45, 2.75) is 18.4 Å². The lowest BCUT2D eigenvalue weighted by atomic mass is 10.2. The van der Waals surface area contributed by atoms with Crippen molar-refractivity contribution in [2.24, 2.45) is 0 Å². The lowest BCUT2D eigenvalue weighted by molar-refractivity contribution is 0.640. The fourth-order valence-corrected chi connectivity index (χ4v) is 3.11. The molecule has 3 aromatic rings. The van der Waals surface area contributed by atoms with Gasteiger partial charge in [0.1, 0.15) is 0 Å². The minimum Gasteiger partial charge on any atom is -0.398 e. The monoisotopic (exact) mass is 300 g/mol. The number of anilines is 1. The van der Waals surface area contributed by atoms with E-state index < -0.39 is 0 Å². The fraction of sp³-hybridized carbons (Fsp3) is 0.200. The second-order valence-corrected chi connectivity index (χ2v) is 5.96. The molecule has 2 heterocycles. The highest BCUT2D eigenvalue weighted by atomic mass is 32.2. The Morgan fingerprint density at radius 2 is 2.14 bits per heavy atom. The topological polar surface area (TPSA) is 65.3 Å². The third kappa shape index (κ3) is 2.80. The van der Waals surface area contributed by atoms with Crippen LogP contribution in [0.15, 0.2) is 52.3 Å². The summed E-state index contributed by atoms with van der Waals surface area (Å²) in [7, 11) is 0. The summed E-state index contributed by atoms with van der Waals surface area (Å²) in [4.78, 5) is 13.2. The van der Waals surface area contributed by atoms with Gasteiger partial charge < -0.3 is 5.73 Å². The molecule has 0 aliphatic rings. The second kappa shape index (κ2) is 5.65. The summed E-state index contributed by atoms with van der Waals surface area (Å²) in [5.74, 6) is 0.747. The Bertz CT molecular complexity index is 837. The first-order chi connectivity index (χ1) is 10.1. The standard InChI is InChI=1S/C15H16N4OS/c1-11-5-6-12(16)13(10-11)21-9-8-19-15(20)18-7-3-2-4-14(18)17-19/h2-7,10H,8-9,16H2,1H3. The van der Waals surface area contributed by atoms with Gasteiger partial charge in [-0.15, -0.1) is 16.9 Å². The van der Waals surface area contributed by atoms with Gasteiger partial charge in [-0.25, -0.2) is 9.48 Å². The maximum Gasteiger partial charge on any atom is 0.350 e. The predicted molar refractivity (Wildman–Crippen MR) is 85.8 cm³/mol. The van der Waals surface area contributed by atoms with Crippen LogP contribution in [0.5, 0.6) is 0 Å². The molecule has 0 atom stereocenters. The minimum atomic E-state index is -0.108. The molecule has 21 heavy (non-hydrogen) atoms. The summed E-state index contributed by atoms with van der Waals surface area (Å²) < 4.78 is 3.04. The lowest BCUT2D eigenvalue weighted by Crippen LogP contribution is -2.21. The number of aromatic nitrogens is 3. The normalized spacial score (nSPS) is 11.1. The number of nitrogen functional groups attached to an aromatic ring is 1. The number of hydrogen-bond acceptors (Lipinski definition) is 4. The number of fused-ring (bicyclic) bond motifs is 1. The molecule has 0 spiro atoms. The van der Waals surface area contributed by atoms with E-state index in [-0.39, 0.29) is 5.69 Å². The molecule has 108 valence electrons. The third-order valence-electron chi connectivity index (χ3n) is 3.22. The van der Waals surface area contributed by atoms with E-state index in [1.165, 1.54) is 10.2 Å². The smallest absolute Gasteiger partial charge is 0.350 e. The second-order valence-electron chi connectivity index (χ2n) is 4.82. The van der Waals surface area contributed by atoms with Crippen molar-refractivity contribution >= 4 is 23.1 Å². The van der Waals surface area contributed by atoms with Gasteiger partial charge in [-0.1, -0.05) is 12.1 Å². The fourth-order valence-electron chi connectivity index (χ4n) is 2.12. The lowest BCUT2D eigenvalue weighted by Gasteiger charge is -2.06. The number of aryl methyl sites for hydroxylation is 2. The Kier molecular flexibility index (Phi) is 3.70. The molecule has 0 amide bonds. The summed E-state index contributed by atoms with van der Waals surface area (Å²) in [6, 6.07) is 11.5. The maximum atomic E-state index is 12.1. The number of thioether (sulfide) groups is 1. The van der Waals surface area contributed by atoms with Crippen molar-refractivity contribution in [1.29, 1.82) is 0 Å². The van der Waals surface area contributed by atoms with Crippen LogP contribution in [0, 0.1) is 6.92 Å². The summed E-state index contributed by atoms with van der Waals surface area (Å²) in [5, 5.41) is 4.31. The first-order valence-corrected chi connectivity index (χ1v) is 7.67. The van der Waals surface area contributed by atoms with Crippen molar-refractivity contribution in [3.05, 3.63) is 58.6 Å². The Labute approximate surface area is 126 Å². The van der Waals surface area contributed by atoms with Crippen molar-refractivity contribution < 1.29 is 0 Å². The molecule has 2 aromatic heterocycles. The molecule has 0 saturated carbocycles. The van der Waals surface area contributed by atoms with Gasteiger partial charge in [0, 0.05) is 22.5 Å². The molecular weight excluding hydrogens is 284 g/mol. The van der Waals surface area contributed by atoms with Crippen LogP contribution >= 0.6 is 11.8 Å². The highest BCUT2D eigenvalue weighted by molar-refractivity contribution is 7.99. The zero-order valence-electron chi connectivity index (χ0n) is 11.7. The summed E-state index contributed by atoms with van der Waals surface area (Å²) >= 11 is 1.64. The Morgan fingerprint density at radius 3 is 2.95 bits per heavy atom. The molecule has 6 heteroatoms. The van der Waals surface area contributed by atoms with Crippen LogP contribution in [-0.4, -0.2) is 19.9 Å². The molecule has 5 nitrogen and oxygen atoms in total. The van der Waals surface area contributed by atoms with Gasteiger partial charge in [-0.2, -0.15) is 0 Å². The zero-order valence-corrected chi connectivity index (χ0v) is 12.5. The number of hydrogen-bond donors (Lipinski definition) is 1. The van der Waals surface area contributed by atoms with Crippen LogP contribution < -0.4 is 11.4 Å². The summed E-state index contributed by atoms with van der Waals surface area (Å²) in [6.07, 6.45) is 1.73. The van der Waals surface area contributed by atoms with E-state index in [0.29, 0.717) is 12.2 Å². The predicted octanol–water partition coefficient (Wildman–Crippen LogP) is 2.18. The van der Waals surface area contributed by atoms with Crippen LogP contribution in [-0.2, 0) is 6.54 Å². The minimum absolute atomic E-state index is 0.108. The third-order valence-corrected chi connectivity index (χ3v) is 4.27. The number of pyridine rings is 1. The average molecular weight is 300 g/mol. The Hall–Kier alpha value is -2.21. The molecule has 3 rings (SSSR count). The molecule has 0 saturated heterocycles. The van der Waals surface area contributed by atoms with Gasteiger partial charge >= 0.3 is 5.69 Å². The molecule has 0 bridgehead atoms. The molecule has 0 radical (unpaired) electrons. The maximum absolute atomic E-state index is 12.1. The SMILES string of the molecule is Cc1ccc(N)c(SCCn2nc3ccccn3c2=O)c1. The van der Waals surface area contributed by atoms with E-state index in [1.54, 1.807) is 22.4 Å². The summed E-state index contributed by atoms with van der Waals surface area (Å²) in [6.45, 7) is 2.59. The van der Waals surface area contributed by atoms with Crippen molar-refractivity contribution in [2.75, 3.05) is 11.5 Å². The van der Waals surface area contributed by atoms with Gasteiger partial charge in [0.2, 0.25) is 0 Å². The summed E-state index contributed by atoms with van der Waals surface area (Å²) in [5.41, 5.74) is 8.46. The van der Waals surface area contributed by atoms with Crippen LogP contribution in [0.4, 0.5) is 5.69 Å². The van der Waals surface area contributed by atoms with Gasteiger partial charge in [0.25, 0.3) is 0 Å². The van der Waals surface area contributed by atoms with Gasteiger partial charge in [0.15, 0.2) is 5.65 Å². The van der Waals surface area contributed by atoms with Crippen LogP contribution in [0.1, 0.15) is 5.56 Å². The number of nitrogens with two attached hydrogens (primary N) is 1. The molecule has 0 fully saturated rings. The molecule has 2 N–H and O–H groups in total. The average Bonchev–Trinajstić information content (AvgIpc) is 2.80. The van der Waals surface area contributed by atoms with Gasteiger partial charge in [0.05, 0.1) is 6.54 Å². The number of nitrogens with zero attached hydrogens (tertiary/aromatic N) is 3. The van der Waals surface area contributed by atoms with Gasteiger partial charge in [-0.05, 0) is 36.8 Å². The highest BCUT2D eigenvalue weighted by Gasteiger charge is 2.06. The largest absolute Gasteiger partial charge is 0.398 e. The molecule has 0 unspecified atom stereocenters. The van der Waals surface area contributed by atoms with Crippen molar-refractivity contribution in [3.8, 4) is 0 Å². The zero-order chi connectivity index (χ0) is 14.8. The Morgan fingerprint density at radius 1 is 1.29 bits per heavy atom. The van der Waals surface area contributed by atoms with Crippen molar-refractivity contribution in [1.82, 2.24) is 14.2 Å². The first kappa shape index (κ1) is 13.8. The molecule has 0 aliphatic heterocycles. The van der Waals surface area contributed by atoms with E-state index >= 15 is 0 Å². The molecule has 0 aliphatic carbocycles. The highest BCUT2D eigenvalue weighted by Crippen LogP contribution is 2.25. The molecular formula is C15H16N4OS. The van der Waals surface area contributed by atoms with E-state index in [0.717, 1.165) is 16.3 Å². The van der Waals surface area contributed by atoms with E-state index in [1.807, 2.05) is 37.3 Å². The van der Waals surface area contributed by atoms with E-state index in [2.05, 4.69) is 11.2 Å². The van der Waals surface area contributed by atoms with Crippen LogP contribution in [0.25, 0.3) is 5.65 Å². The quantitative estimate of drug-likeness (QED) is 0.592. The number of rotatable bonds is 4. The Balaban J connectivity index is 1.74. The van der Waals surface area contributed by atoms with Gasteiger partial charge in [-0.3, -0.25) is 4.40 Å². The van der Waals surface area contributed by atoms with Crippen LogP contribution in [0.2, 0.25) is 0 Å². The van der Waals surface area contributed by atoms with Crippen molar-refractivity contribution in [3.63, 3.8) is 0 Å². The van der Waals surface area contributed by atoms with E-state index in [4.69, 9.17) is 5.73 Å². The van der Waals surface area contributed by atoms with E-state index in [9.17, 15) is 4.79 Å².